The van der Waals surface area contributed by atoms with E-state index >= 15 is 0 Å². The highest BCUT2D eigenvalue weighted by Crippen LogP contribution is 2.21. The van der Waals surface area contributed by atoms with E-state index in [1.54, 1.807) is 55.6 Å². The Kier molecular flexibility index (Phi) is 6.17. The second kappa shape index (κ2) is 9.35. The Morgan fingerprint density at radius 3 is 2.73 bits per heavy atom. The summed E-state index contributed by atoms with van der Waals surface area (Å²) in [7, 11) is 0. The van der Waals surface area contributed by atoms with Crippen LogP contribution in [-0.2, 0) is 4.74 Å². The molecule has 0 atom stereocenters. The number of nitrogens with one attached hydrogen (secondary N) is 1. The van der Waals surface area contributed by atoms with Crippen LogP contribution in [0.1, 0.15) is 33.2 Å². The van der Waals surface area contributed by atoms with Crippen LogP contribution >= 0.6 is 0 Å². The summed E-state index contributed by atoms with van der Waals surface area (Å²) in [5.41, 5.74) is 2.21. The summed E-state index contributed by atoms with van der Waals surface area (Å²) in [5, 5.41) is 13.2. The molecule has 0 aliphatic heterocycles. The molecule has 4 aromatic rings. The number of nitrogens with zero attached hydrogens (tertiary/aromatic N) is 2. The third-order valence-corrected chi connectivity index (χ3v) is 4.72. The van der Waals surface area contributed by atoms with Crippen molar-refractivity contribution in [1.29, 1.82) is 0 Å². The number of anilines is 1. The van der Waals surface area contributed by atoms with Gasteiger partial charge in [-0.15, -0.1) is 0 Å². The van der Waals surface area contributed by atoms with E-state index in [4.69, 9.17) is 9.15 Å². The van der Waals surface area contributed by atoms with E-state index in [9.17, 15) is 14.7 Å². The predicted octanol–water partition coefficient (Wildman–Crippen LogP) is 4.50. The van der Waals surface area contributed by atoms with Gasteiger partial charge in [-0.25, -0.2) is 14.8 Å². The van der Waals surface area contributed by atoms with Crippen LogP contribution in [0.4, 0.5) is 11.5 Å². The molecule has 0 fully saturated rings. The number of esters is 1. The highest BCUT2D eigenvalue weighted by Gasteiger charge is 2.15. The second-order valence-corrected chi connectivity index (χ2v) is 7.24. The summed E-state index contributed by atoms with van der Waals surface area (Å²) in [6.45, 7) is 3.88. The molecule has 1 amide bonds. The molecule has 0 spiro atoms. The van der Waals surface area contributed by atoms with Crippen LogP contribution in [0.2, 0.25) is 0 Å². The number of rotatable bonds is 5. The van der Waals surface area contributed by atoms with Gasteiger partial charge in [0.05, 0.1) is 17.9 Å². The zero-order valence-electron chi connectivity index (χ0n) is 18.0. The number of aromatic hydroxyl groups is 1. The third-order valence-electron chi connectivity index (χ3n) is 4.72. The van der Waals surface area contributed by atoms with Crippen molar-refractivity contribution in [2.45, 2.75) is 13.8 Å². The molecule has 8 nitrogen and oxygen atoms in total. The maximum absolute atomic E-state index is 13.1. The van der Waals surface area contributed by atoms with Crippen LogP contribution in [0.15, 0.2) is 76.3 Å². The molecule has 0 saturated carbocycles. The van der Waals surface area contributed by atoms with E-state index in [-0.39, 0.29) is 23.5 Å². The molecule has 0 aliphatic rings. The average Bonchev–Trinajstić information content (AvgIpc) is 2.80. The minimum absolute atomic E-state index is 0.0127. The predicted molar refractivity (Wildman–Crippen MR) is 122 cm³/mol. The Hall–Kier alpha value is -4.46. The van der Waals surface area contributed by atoms with Crippen molar-refractivity contribution in [2.75, 3.05) is 11.9 Å². The van der Waals surface area contributed by atoms with E-state index < -0.39 is 11.9 Å². The molecule has 2 aromatic carbocycles. The van der Waals surface area contributed by atoms with Gasteiger partial charge in [-0.2, -0.15) is 0 Å². The van der Waals surface area contributed by atoms with Crippen molar-refractivity contribution in [3.05, 3.63) is 89.1 Å². The van der Waals surface area contributed by atoms with E-state index in [1.807, 2.05) is 13.0 Å². The molecule has 2 heterocycles. The normalized spacial score (nSPS) is 11.4. The zero-order valence-corrected chi connectivity index (χ0v) is 18.0. The first-order chi connectivity index (χ1) is 15.9. The number of aromatic nitrogens is 1. The number of carbonyl (C=O) groups excluding carboxylic acids is 2. The first-order valence-corrected chi connectivity index (χ1v) is 10.3. The Morgan fingerprint density at radius 2 is 1.97 bits per heavy atom. The summed E-state index contributed by atoms with van der Waals surface area (Å²) in [5.74, 6) is -0.544. The summed E-state index contributed by atoms with van der Waals surface area (Å²) >= 11 is 0. The number of benzene rings is 2. The lowest BCUT2D eigenvalue weighted by Crippen LogP contribution is -2.22. The van der Waals surface area contributed by atoms with Gasteiger partial charge < -0.3 is 19.6 Å². The molecule has 2 aromatic heterocycles. The summed E-state index contributed by atoms with van der Waals surface area (Å²) in [6.07, 6.45) is 1.65. The monoisotopic (exact) mass is 443 g/mol. The molecular formula is C25H21N3O5. The fourth-order valence-electron chi connectivity index (χ4n) is 3.11. The lowest BCUT2D eigenvalue weighted by Gasteiger charge is -2.07. The van der Waals surface area contributed by atoms with Gasteiger partial charge in [0.15, 0.2) is 0 Å². The lowest BCUT2D eigenvalue weighted by atomic mass is 10.1. The van der Waals surface area contributed by atoms with Crippen LogP contribution in [0, 0.1) is 6.92 Å². The van der Waals surface area contributed by atoms with Crippen LogP contribution in [0.25, 0.3) is 11.0 Å². The molecule has 0 saturated heterocycles. The van der Waals surface area contributed by atoms with Gasteiger partial charge in [0, 0.05) is 17.6 Å². The van der Waals surface area contributed by atoms with Crippen LogP contribution in [0.3, 0.4) is 0 Å². The first kappa shape index (κ1) is 21.8. The lowest BCUT2D eigenvalue weighted by molar-refractivity contribution is 0.0526. The standard InChI is InChI=1S/C25H21N3O5/c1-3-32-25(31)17-5-4-6-18(11-17)27-24-20(12-16-8-9-19(29)13-21(16)33-24)23(30)28-22-10-7-15(2)14-26-22/h4-14,29H,3H2,1-2H3,(H,26,28,30). The minimum atomic E-state index is -0.474. The van der Waals surface area contributed by atoms with Gasteiger partial charge in [0.1, 0.15) is 22.7 Å². The molecule has 33 heavy (non-hydrogen) atoms. The fraction of sp³-hybridized carbons (Fsp3) is 0.120. The maximum atomic E-state index is 13.1. The second-order valence-electron chi connectivity index (χ2n) is 7.24. The molecule has 0 radical (unpaired) electrons. The number of fused-ring (bicyclic) bond motifs is 1. The minimum Gasteiger partial charge on any atom is -0.508 e. The molecule has 4 rings (SSSR count). The smallest absolute Gasteiger partial charge is 0.338 e. The third kappa shape index (κ3) is 5.07. The average molecular weight is 443 g/mol. The first-order valence-electron chi connectivity index (χ1n) is 10.3. The summed E-state index contributed by atoms with van der Waals surface area (Å²) in [4.78, 5) is 33.8. The molecule has 0 unspecified atom stereocenters. The van der Waals surface area contributed by atoms with Gasteiger partial charge in [0.2, 0.25) is 5.55 Å². The highest BCUT2D eigenvalue weighted by molar-refractivity contribution is 6.05. The van der Waals surface area contributed by atoms with E-state index in [2.05, 4.69) is 15.3 Å². The number of phenolic OH excluding ortho intramolecular Hbond substituents is 1. The van der Waals surface area contributed by atoms with Crippen molar-refractivity contribution in [3.63, 3.8) is 0 Å². The van der Waals surface area contributed by atoms with Crippen molar-refractivity contribution in [1.82, 2.24) is 4.98 Å². The van der Waals surface area contributed by atoms with Crippen molar-refractivity contribution < 1.29 is 23.8 Å². The van der Waals surface area contributed by atoms with E-state index in [0.29, 0.717) is 28.0 Å². The number of carbonyl (C=O) groups is 2. The van der Waals surface area contributed by atoms with Crippen LogP contribution in [-0.4, -0.2) is 28.6 Å². The Labute approximate surface area is 189 Å². The number of pyridine rings is 1. The van der Waals surface area contributed by atoms with Gasteiger partial charge in [-0.1, -0.05) is 12.1 Å². The fourth-order valence-corrected chi connectivity index (χ4v) is 3.11. The number of phenols is 1. The Bertz CT molecular complexity index is 1410. The van der Waals surface area contributed by atoms with Crippen LogP contribution < -0.4 is 10.9 Å². The molecular weight excluding hydrogens is 422 g/mol. The number of aryl methyl sites for hydroxylation is 1. The Balaban J connectivity index is 1.82. The molecule has 2 N–H and O–H groups in total. The number of hydrogen-bond acceptors (Lipinski definition) is 7. The van der Waals surface area contributed by atoms with Crippen molar-refractivity contribution in [3.8, 4) is 5.75 Å². The van der Waals surface area contributed by atoms with Crippen molar-refractivity contribution >= 4 is 34.4 Å². The molecule has 0 bridgehead atoms. The number of amides is 1. The number of hydrogen-bond donors (Lipinski definition) is 2. The van der Waals surface area contributed by atoms with Gasteiger partial charge >= 0.3 is 5.97 Å². The molecule has 8 heteroatoms. The van der Waals surface area contributed by atoms with Gasteiger partial charge in [-0.05, 0) is 61.9 Å². The largest absolute Gasteiger partial charge is 0.508 e. The van der Waals surface area contributed by atoms with Gasteiger partial charge in [-0.3, -0.25) is 4.79 Å². The Morgan fingerprint density at radius 1 is 1.12 bits per heavy atom. The quantitative estimate of drug-likeness (QED) is 0.439. The SMILES string of the molecule is CCOC(=O)c1cccc(N=c2oc3cc(O)ccc3cc2C(=O)Nc2ccc(C)cn2)c1. The zero-order chi connectivity index (χ0) is 23.4. The summed E-state index contributed by atoms with van der Waals surface area (Å²) < 4.78 is 10.9. The molecule has 0 aliphatic carbocycles. The van der Waals surface area contributed by atoms with Gasteiger partial charge in [0.25, 0.3) is 5.91 Å². The topological polar surface area (TPSA) is 114 Å². The van der Waals surface area contributed by atoms with Crippen molar-refractivity contribution in [2.24, 2.45) is 4.99 Å². The summed E-state index contributed by atoms with van der Waals surface area (Å²) in [6, 6.07) is 16.2. The van der Waals surface area contributed by atoms with Crippen LogP contribution in [0.5, 0.6) is 5.75 Å². The highest BCUT2D eigenvalue weighted by atomic mass is 16.5. The number of ether oxygens (including phenoxy) is 1. The van der Waals surface area contributed by atoms with E-state index in [1.165, 1.54) is 12.1 Å². The maximum Gasteiger partial charge on any atom is 0.338 e. The van der Waals surface area contributed by atoms with E-state index in [0.717, 1.165) is 5.56 Å². The molecule has 166 valence electrons.